The van der Waals surface area contributed by atoms with Crippen LogP contribution in [0.5, 0.6) is 5.75 Å². The van der Waals surface area contributed by atoms with Crippen LogP contribution in [0.2, 0.25) is 0 Å². The van der Waals surface area contributed by atoms with Crippen molar-refractivity contribution >= 4 is 39.4 Å². The lowest BCUT2D eigenvalue weighted by Gasteiger charge is -2.29. The number of carboxylic acid groups (broad SMARTS) is 1. The quantitative estimate of drug-likeness (QED) is 0.564. The van der Waals surface area contributed by atoms with E-state index in [1.165, 1.54) is 7.11 Å². The average molecular weight is 475 g/mol. The van der Waals surface area contributed by atoms with Crippen molar-refractivity contribution in [2.75, 3.05) is 18.6 Å². The highest BCUT2D eigenvalue weighted by Gasteiger charge is 2.69. The Morgan fingerprint density at radius 3 is 2.50 bits per heavy atom. The molecule has 3 N–H and O–H groups in total. The van der Waals surface area contributed by atoms with Crippen LogP contribution in [-0.4, -0.2) is 47.3 Å². The number of hydrogen-bond acceptors (Lipinski definition) is 6. The number of para-hydroxylation sites is 1. The van der Waals surface area contributed by atoms with Crippen LogP contribution in [0.3, 0.4) is 0 Å². The Morgan fingerprint density at radius 1 is 1.20 bits per heavy atom. The number of nitrogens with one attached hydrogen (secondary N) is 1. The molecule has 0 spiro atoms. The van der Waals surface area contributed by atoms with Crippen LogP contribution in [-0.2, 0) is 14.4 Å². The second-order valence-corrected chi connectivity index (χ2v) is 8.21. The second kappa shape index (κ2) is 7.50. The third kappa shape index (κ3) is 2.84. The van der Waals surface area contributed by atoms with Crippen LogP contribution in [0, 0.1) is 11.8 Å². The molecule has 4 rings (SSSR count). The van der Waals surface area contributed by atoms with E-state index in [4.69, 9.17) is 4.74 Å². The lowest BCUT2D eigenvalue weighted by molar-refractivity contribution is -0.150. The zero-order valence-electron chi connectivity index (χ0n) is 15.9. The van der Waals surface area contributed by atoms with Gasteiger partial charge in [0.2, 0.25) is 11.8 Å². The van der Waals surface area contributed by atoms with Gasteiger partial charge in [-0.25, -0.2) is 4.90 Å². The Bertz CT molecular complexity index is 1030. The van der Waals surface area contributed by atoms with Crippen LogP contribution in [0.15, 0.2) is 53.0 Å². The summed E-state index contributed by atoms with van der Waals surface area (Å²) in [5.41, 5.74) is -1.12. The number of halogens is 1. The van der Waals surface area contributed by atoms with Crippen LogP contribution < -0.4 is 15.0 Å². The van der Waals surface area contributed by atoms with Crippen LogP contribution in [0.25, 0.3) is 0 Å². The van der Waals surface area contributed by atoms with Gasteiger partial charge in [0.1, 0.15) is 5.75 Å². The molecule has 4 atom stereocenters. The van der Waals surface area contributed by atoms with E-state index in [0.29, 0.717) is 21.5 Å². The SMILES string of the molecule is COc1ccc(Br)cc1C1NC(CO)(C(=O)O)C2C(=O)N(c3ccccc3)C(=O)C12. The first-order valence-corrected chi connectivity index (χ1v) is 10.0. The number of aliphatic carboxylic acids is 1. The van der Waals surface area contributed by atoms with Crippen molar-refractivity contribution in [2.24, 2.45) is 11.8 Å². The highest BCUT2D eigenvalue weighted by atomic mass is 79.9. The number of nitrogens with zero attached hydrogens (tertiary/aromatic N) is 1. The normalized spacial score (nSPS) is 28.0. The summed E-state index contributed by atoms with van der Waals surface area (Å²) in [5.74, 6) is -4.44. The Kier molecular flexibility index (Phi) is 5.13. The number of amides is 2. The van der Waals surface area contributed by atoms with Gasteiger partial charge in [0.15, 0.2) is 5.54 Å². The van der Waals surface area contributed by atoms with E-state index in [0.717, 1.165) is 4.90 Å². The van der Waals surface area contributed by atoms with Gasteiger partial charge in [-0.2, -0.15) is 0 Å². The maximum atomic E-state index is 13.4. The molecule has 2 fully saturated rings. The van der Waals surface area contributed by atoms with Gasteiger partial charge in [-0.15, -0.1) is 0 Å². The first kappa shape index (κ1) is 20.5. The van der Waals surface area contributed by atoms with Crippen LogP contribution >= 0.6 is 15.9 Å². The van der Waals surface area contributed by atoms with Crippen molar-refractivity contribution in [3.8, 4) is 5.75 Å². The molecule has 2 aromatic carbocycles. The summed E-state index contributed by atoms with van der Waals surface area (Å²) in [6.07, 6.45) is 0. The maximum absolute atomic E-state index is 13.4. The van der Waals surface area contributed by atoms with Gasteiger partial charge in [-0.3, -0.25) is 19.7 Å². The Balaban J connectivity index is 1.89. The zero-order chi connectivity index (χ0) is 21.6. The molecular weight excluding hydrogens is 456 g/mol. The van der Waals surface area contributed by atoms with Gasteiger partial charge >= 0.3 is 5.97 Å². The fourth-order valence-electron chi connectivity index (χ4n) is 4.46. The molecule has 8 nitrogen and oxygen atoms in total. The van der Waals surface area contributed by atoms with E-state index in [1.807, 2.05) is 0 Å². The summed E-state index contributed by atoms with van der Waals surface area (Å²) in [6, 6.07) is 12.7. The third-order valence-electron chi connectivity index (χ3n) is 5.83. The van der Waals surface area contributed by atoms with E-state index in [9.17, 15) is 24.6 Å². The number of methoxy groups -OCH3 is 1. The van der Waals surface area contributed by atoms with Gasteiger partial charge in [-0.1, -0.05) is 34.1 Å². The van der Waals surface area contributed by atoms with Gasteiger partial charge in [0.05, 0.1) is 31.2 Å². The molecule has 156 valence electrons. The van der Waals surface area contributed by atoms with Gasteiger partial charge < -0.3 is 14.9 Å². The third-order valence-corrected chi connectivity index (χ3v) is 6.32. The predicted octanol–water partition coefficient (Wildman–Crippen LogP) is 1.72. The van der Waals surface area contributed by atoms with Crippen molar-refractivity contribution in [3.63, 3.8) is 0 Å². The molecule has 2 heterocycles. The standard InChI is InChI=1S/C21H19BrN2O6/c1-30-14-8-7-11(22)9-13(14)17-15-16(21(10-25,23-17)20(28)29)19(27)24(18(15)26)12-5-3-2-4-6-12/h2-9,15-17,23,25H,10H2,1H3,(H,28,29). The van der Waals surface area contributed by atoms with Gasteiger partial charge in [-0.05, 0) is 30.3 Å². The number of anilines is 1. The molecule has 4 unspecified atom stereocenters. The topological polar surface area (TPSA) is 116 Å². The highest BCUT2D eigenvalue weighted by Crippen LogP contribution is 2.51. The molecule has 0 bridgehead atoms. The van der Waals surface area contributed by atoms with E-state index >= 15 is 0 Å². The summed E-state index contributed by atoms with van der Waals surface area (Å²) >= 11 is 3.38. The minimum Gasteiger partial charge on any atom is -0.496 e. The van der Waals surface area contributed by atoms with Crippen LogP contribution in [0.1, 0.15) is 11.6 Å². The van der Waals surface area contributed by atoms with Crippen molar-refractivity contribution in [1.82, 2.24) is 5.32 Å². The monoisotopic (exact) mass is 474 g/mol. The first-order chi connectivity index (χ1) is 14.4. The number of rotatable bonds is 5. The zero-order valence-corrected chi connectivity index (χ0v) is 17.5. The number of aliphatic hydroxyl groups is 1. The fourth-order valence-corrected chi connectivity index (χ4v) is 4.84. The van der Waals surface area contributed by atoms with Crippen molar-refractivity contribution in [3.05, 3.63) is 58.6 Å². The summed E-state index contributed by atoms with van der Waals surface area (Å²) in [7, 11) is 1.47. The molecule has 0 aromatic heterocycles. The molecule has 2 saturated heterocycles. The Hall–Kier alpha value is -2.75. The number of carboxylic acids is 1. The lowest BCUT2D eigenvalue weighted by atomic mass is 9.79. The summed E-state index contributed by atoms with van der Waals surface area (Å²) < 4.78 is 6.12. The summed E-state index contributed by atoms with van der Waals surface area (Å²) in [5, 5.41) is 22.9. The number of ether oxygens (including phenoxy) is 1. The van der Waals surface area contributed by atoms with Crippen molar-refractivity contribution in [1.29, 1.82) is 0 Å². The smallest absolute Gasteiger partial charge is 0.327 e. The number of benzene rings is 2. The molecule has 9 heteroatoms. The Labute approximate surface area is 180 Å². The number of imide groups is 1. The minimum absolute atomic E-state index is 0.360. The van der Waals surface area contributed by atoms with E-state index in [2.05, 4.69) is 21.2 Å². The number of carbonyl (C=O) groups excluding carboxylic acids is 2. The van der Waals surface area contributed by atoms with Gasteiger partial charge in [0, 0.05) is 16.1 Å². The number of fused-ring (bicyclic) bond motifs is 1. The molecule has 2 aromatic rings. The number of carbonyl (C=O) groups is 3. The number of aliphatic hydroxyl groups excluding tert-OH is 1. The van der Waals surface area contributed by atoms with E-state index in [1.54, 1.807) is 48.5 Å². The summed E-state index contributed by atoms with van der Waals surface area (Å²) in [6.45, 7) is -0.849. The predicted molar refractivity (Wildman–Crippen MR) is 110 cm³/mol. The average Bonchev–Trinajstić information content (AvgIpc) is 3.23. The van der Waals surface area contributed by atoms with Crippen LogP contribution in [0.4, 0.5) is 5.69 Å². The fraction of sp³-hybridized carbons (Fsp3) is 0.286. The number of hydrogen-bond donors (Lipinski definition) is 3. The molecule has 2 aliphatic rings. The van der Waals surface area contributed by atoms with E-state index in [-0.39, 0.29) is 0 Å². The summed E-state index contributed by atoms with van der Waals surface area (Å²) in [4.78, 5) is 40.0. The molecule has 0 aliphatic carbocycles. The van der Waals surface area contributed by atoms with Crippen molar-refractivity contribution < 1.29 is 29.3 Å². The largest absolute Gasteiger partial charge is 0.496 e. The molecule has 0 radical (unpaired) electrons. The molecule has 30 heavy (non-hydrogen) atoms. The molecular formula is C21H19BrN2O6. The van der Waals surface area contributed by atoms with Crippen molar-refractivity contribution in [2.45, 2.75) is 11.6 Å². The second-order valence-electron chi connectivity index (χ2n) is 7.29. The molecule has 0 saturated carbocycles. The maximum Gasteiger partial charge on any atom is 0.327 e. The highest BCUT2D eigenvalue weighted by molar-refractivity contribution is 9.10. The first-order valence-electron chi connectivity index (χ1n) is 9.24. The molecule has 2 aliphatic heterocycles. The van der Waals surface area contributed by atoms with E-state index < -0.39 is 47.8 Å². The van der Waals surface area contributed by atoms with Gasteiger partial charge in [0.25, 0.3) is 0 Å². The Morgan fingerprint density at radius 2 is 1.90 bits per heavy atom. The lowest BCUT2D eigenvalue weighted by Crippen LogP contribution is -2.58. The molecule has 2 amide bonds. The minimum atomic E-state index is -2.00.